The van der Waals surface area contributed by atoms with Crippen molar-refractivity contribution >= 4 is 50.0 Å². The van der Waals surface area contributed by atoms with Crippen LogP contribution in [-0.2, 0) is 14.3 Å². The molecule has 0 fully saturated rings. The van der Waals surface area contributed by atoms with Crippen molar-refractivity contribution in [2.75, 3.05) is 13.7 Å². The topological polar surface area (TPSA) is 55.7 Å². The number of hydrogen-bond acceptors (Lipinski definition) is 4. The Hall–Kier alpha value is -1.46. The minimum atomic E-state index is -1.06. The van der Waals surface area contributed by atoms with Crippen molar-refractivity contribution in [3.05, 3.63) is 40.4 Å². The van der Waals surface area contributed by atoms with Gasteiger partial charge in [-0.2, -0.15) is 0 Å². The Balaban J connectivity index is 3.06. The van der Waals surface area contributed by atoms with Crippen molar-refractivity contribution in [3.8, 4) is 0 Å². The molecule has 0 aromatic heterocycles. The third kappa shape index (κ3) is 5.07. The van der Waals surface area contributed by atoms with Crippen molar-refractivity contribution in [1.29, 1.82) is 0 Å². The third-order valence-corrected chi connectivity index (χ3v) is 3.82. The minimum absolute atomic E-state index is 0.198. The van der Waals surface area contributed by atoms with Crippen molar-refractivity contribution < 1.29 is 14.3 Å². The fourth-order valence-electron chi connectivity index (χ4n) is 1.75. The normalized spacial score (nSPS) is 13.7. The molecule has 0 aliphatic carbocycles. The standard InChI is InChI=1S/C16H17BrClNO3/c1-4-22-16(21)15(10(2)19-3)14(20)9-13(18)11-5-7-12(17)8-6-11/h5-9,15H,4H2,1-3H3. The number of aliphatic imine (C=N–C) groups is 1. The van der Waals surface area contributed by atoms with Crippen molar-refractivity contribution in [3.63, 3.8) is 0 Å². The molecular formula is C16H17BrClNO3. The number of ketones is 1. The summed E-state index contributed by atoms with van der Waals surface area (Å²) in [5.41, 5.74) is 1.08. The van der Waals surface area contributed by atoms with Gasteiger partial charge in [0.15, 0.2) is 11.7 Å². The predicted octanol–water partition coefficient (Wildman–Crippen LogP) is 3.87. The molecule has 0 radical (unpaired) electrons. The van der Waals surface area contributed by atoms with Gasteiger partial charge in [0.25, 0.3) is 0 Å². The van der Waals surface area contributed by atoms with Crippen molar-refractivity contribution in [2.45, 2.75) is 13.8 Å². The lowest BCUT2D eigenvalue weighted by Crippen LogP contribution is -2.31. The lowest BCUT2D eigenvalue weighted by molar-refractivity contribution is -0.147. The molecule has 1 aromatic rings. The fourth-order valence-corrected chi connectivity index (χ4v) is 2.25. The molecule has 0 aliphatic heterocycles. The molecule has 4 nitrogen and oxygen atoms in total. The van der Waals surface area contributed by atoms with Crippen molar-refractivity contribution in [2.24, 2.45) is 10.9 Å². The maximum Gasteiger partial charge on any atom is 0.322 e. The van der Waals surface area contributed by atoms with Gasteiger partial charge in [0.1, 0.15) is 0 Å². The van der Waals surface area contributed by atoms with Crippen LogP contribution in [0.1, 0.15) is 19.4 Å². The Labute approximate surface area is 143 Å². The highest BCUT2D eigenvalue weighted by Crippen LogP contribution is 2.22. The van der Waals surface area contributed by atoms with E-state index >= 15 is 0 Å². The number of hydrogen-bond donors (Lipinski definition) is 0. The molecule has 118 valence electrons. The van der Waals surface area contributed by atoms with E-state index < -0.39 is 17.7 Å². The third-order valence-electron chi connectivity index (χ3n) is 2.97. The largest absolute Gasteiger partial charge is 0.465 e. The molecular weight excluding hydrogens is 370 g/mol. The van der Waals surface area contributed by atoms with E-state index in [0.717, 1.165) is 4.47 Å². The first-order valence-electron chi connectivity index (χ1n) is 6.67. The van der Waals surface area contributed by atoms with E-state index in [2.05, 4.69) is 20.9 Å². The Bertz CT molecular complexity index is 608. The Morgan fingerprint density at radius 3 is 2.45 bits per heavy atom. The maximum atomic E-state index is 12.4. The number of esters is 1. The van der Waals surface area contributed by atoms with Crippen LogP contribution in [0.3, 0.4) is 0 Å². The molecule has 0 aliphatic rings. The molecule has 0 amide bonds. The van der Waals surface area contributed by atoms with Gasteiger partial charge < -0.3 is 4.74 Å². The molecule has 0 saturated heterocycles. The number of carbonyl (C=O) groups excluding carboxylic acids is 2. The lowest BCUT2D eigenvalue weighted by atomic mass is 9.98. The number of carbonyl (C=O) groups is 2. The van der Waals surface area contributed by atoms with Crippen LogP contribution in [0.15, 0.2) is 39.8 Å². The quantitative estimate of drug-likeness (QED) is 0.323. The number of rotatable bonds is 6. The molecule has 1 rings (SSSR count). The van der Waals surface area contributed by atoms with Crippen molar-refractivity contribution in [1.82, 2.24) is 0 Å². The zero-order valence-corrected chi connectivity index (χ0v) is 14.9. The van der Waals surface area contributed by atoms with Crippen LogP contribution >= 0.6 is 27.5 Å². The summed E-state index contributed by atoms with van der Waals surface area (Å²) in [5, 5.41) is 0.260. The molecule has 1 unspecified atom stereocenters. The van der Waals surface area contributed by atoms with Gasteiger partial charge in [-0.1, -0.05) is 39.7 Å². The summed E-state index contributed by atoms with van der Waals surface area (Å²) in [6.45, 7) is 3.49. The highest BCUT2D eigenvalue weighted by Gasteiger charge is 2.29. The molecule has 22 heavy (non-hydrogen) atoms. The van der Waals surface area contributed by atoms with Gasteiger partial charge in [-0.3, -0.25) is 14.6 Å². The van der Waals surface area contributed by atoms with Crippen LogP contribution in [0.2, 0.25) is 0 Å². The molecule has 0 heterocycles. The summed E-state index contributed by atoms with van der Waals surface area (Å²) in [6, 6.07) is 7.18. The smallest absolute Gasteiger partial charge is 0.322 e. The lowest BCUT2D eigenvalue weighted by Gasteiger charge is -2.12. The number of allylic oxidation sites excluding steroid dienone is 1. The van der Waals surface area contributed by atoms with Gasteiger partial charge in [-0.15, -0.1) is 0 Å². The van der Waals surface area contributed by atoms with Gasteiger partial charge >= 0.3 is 5.97 Å². The number of benzene rings is 1. The second-order valence-corrected chi connectivity index (χ2v) is 5.77. The molecule has 0 bridgehead atoms. The molecule has 6 heteroatoms. The van der Waals surface area contributed by atoms with Crippen LogP contribution in [0.25, 0.3) is 5.03 Å². The van der Waals surface area contributed by atoms with Crippen LogP contribution in [0.4, 0.5) is 0 Å². The summed E-state index contributed by atoms with van der Waals surface area (Å²) in [5.74, 6) is -2.13. The monoisotopic (exact) mass is 385 g/mol. The number of nitrogens with zero attached hydrogens (tertiary/aromatic N) is 1. The summed E-state index contributed by atoms with van der Waals surface area (Å²) < 4.78 is 5.84. The molecule has 0 N–H and O–H groups in total. The molecule has 0 spiro atoms. The molecule has 1 aromatic carbocycles. The predicted molar refractivity (Wildman–Crippen MR) is 92.1 cm³/mol. The summed E-state index contributed by atoms with van der Waals surface area (Å²) in [4.78, 5) is 28.2. The van der Waals surface area contributed by atoms with Gasteiger partial charge in [-0.05, 0) is 31.5 Å². The molecule has 1 atom stereocenters. The average Bonchev–Trinajstić information content (AvgIpc) is 2.48. The van der Waals surface area contributed by atoms with E-state index in [1.54, 1.807) is 26.0 Å². The Morgan fingerprint density at radius 2 is 1.95 bits per heavy atom. The van der Waals surface area contributed by atoms with Gasteiger partial charge in [-0.25, -0.2) is 0 Å². The average molecular weight is 387 g/mol. The van der Waals surface area contributed by atoms with Crippen LogP contribution < -0.4 is 0 Å². The molecule has 0 saturated carbocycles. The number of ether oxygens (including phenoxy) is 1. The maximum absolute atomic E-state index is 12.4. The van der Waals surface area contributed by atoms with Gasteiger partial charge in [0.05, 0.1) is 11.6 Å². The van der Waals surface area contributed by atoms with Crippen LogP contribution in [0, 0.1) is 5.92 Å². The fraction of sp³-hybridized carbons (Fsp3) is 0.312. The number of halogens is 2. The second kappa shape index (κ2) is 8.86. The Kier molecular flexibility index (Phi) is 7.48. The minimum Gasteiger partial charge on any atom is -0.465 e. The zero-order chi connectivity index (χ0) is 16.7. The highest BCUT2D eigenvalue weighted by atomic mass is 79.9. The van der Waals surface area contributed by atoms with Crippen LogP contribution in [-0.4, -0.2) is 31.1 Å². The van der Waals surface area contributed by atoms with E-state index in [1.807, 2.05) is 12.1 Å². The van der Waals surface area contributed by atoms with Crippen LogP contribution in [0.5, 0.6) is 0 Å². The summed E-state index contributed by atoms with van der Waals surface area (Å²) in [7, 11) is 1.52. The SMILES string of the molecule is CCOC(=O)C(C(=O)C=C(Cl)c1ccc(Br)cc1)C(C)=NC. The van der Waals surface area contributed by atoms with E-state index in [-0.39, 0.29) is 11.6 Å². The van der Waals surface area contributed by atoms with Gasteiger partial charge in [0.2, 0.25) is 0 Å². The zero-order valence-electron chi connectivity index (χ0n) is 12.6. The highest BCUT2D eigenvalue weighted by molar-refractivity contribution is 9.10. The van der Waals surface area contributed by atoms with E-state index in [9.17, 15) is 9.59 Å². The van der Waals surface area contributed by atoms with E-state index in [0.29, 0.717) is 11.3 Å². The van der Waals surface area contributed by atoms with Gasteiger partial charge in [0, 0.05) is 23.3 Å². The first-order valence-corrected chi connectivity index (χ1v) is 7.84. The first kappa shape index (κ1) is 18.6. The summed E-state index contributed by atoms with van der Waals surface area (Å²) >= 11 is 9.49. The van der Waals surface area contributed by atoms with E-state index in [4.69, 9.17) is 16.3 Å². The van der Waals surface area contributed by atoms with E-state index in [1.165, 1.54) is 13.1 Å². The summed E-state index contributed by atoms with van der Waals surface area (Å²) in [6.07, 6.45) is 1.24. The Morgan fingerprint density at radius 1 is 1.36 bits per heavy atom. The first-order chi connectivity index (χ1) is 10.4. The second-order valence-electron chi connectivity index (χ2n) is 4.45.